The Hall–Kier alpha value is -1.42. The molecule has 2 rings (SSSR count). The molecule has 1 unspecified atom stereocenters. The maximum Gasteiger partial charge on any atom is 0.242 e. The Balaban J connectivity index is 1.96. The molecule has 4 heteroatoms. The van der Waals surface area contributed by atoms with Crippen molar-refractivity contribution in [3.05, 3.63) is 23.9 Å². The summed E-state index contributed by atoms with van der Waals surface area (Å²) in [5, 5.41) is 5.95. The van der Waals surface area contributed by atoms with Crippen LogP contribution >= 0.6 is 0 Å². The molecule has 0 spiro atoms. The molecule has 4 nitrogen and oxygen atoms in total. The van der Waals surface area contributed by atoms with Gasteiger partial charge in [-0.1, -0.05) is 6.07 Å². The van der Waals surface area contributed by atoms with Gasteiger partial charge in [0.05, 0.1) is 6.04 Å². The Kier molecular flexibility index (Phi) is 2.97. The number of carbonyl (C=O) groups is 1. The van der Waals surface area contributed by atoms with Gasteiger partial charge in [0.2, 0.25) is 5.91 Å². The first-order valence-corrected chi connectivity index (χ1v) is 5.22. The Morgan fingerprint density at radius 2 is 2.47 bits per heavy atom. The summed E-state index contributed by atoms with van der Waals surface area (Å²) >= 11 is 0. The molecule has 0 bridgehead atoms. The van der Waals surface area contributed by atoms with Crippen molar-refractivity contribution in [1.29, 1.82) is 0 Å². The van der Waals surface area contributed by atoms with E-state index in [1.165, 1.54) is 0 Å². The van der Waals surface area contributed by atoms with Crippen LogP contribution in [-0.2, 0) is 4.79 Å². The Morgan fingerprint density at radius 3 is 3.07 bits per heavy atom. The molecule has 2 N–H and O–H groups in total. The lowest BCUT2D eigenvalue weighted by Gasteiger charge is -2.10. The van der Waals surface area contributed by atoms with E-state index in [4.69, 9.17) is 0 Å². The molecular formula is C11H15N3O. The lowest BCUT2D eigenvalue weighted by Crippen LogP contribution is -2.35. The maximum atomic E-state index is 11.7. The van der Waals surface area contributed by atoms with Crippen LogP contribution in [0.15, 0.2) is 18.3 Å². The van der Waals surface area contributed by atoms with Gasteiger partial charge in [-0.2, -0.15) is 0 Å². The molecule has 1 amide bonds. The van der Waals surface area contributed by atoms with E-state index in [-0.39, 0.29) is 11.9 Å². The second kappa shape index (κ2) is 4.40. The first-order valence-electron chi connectivity index (χ1n) is 5.22. The zero-order chi connectivity index (χ0) is 10.7. The normalized spacial score (nSPS) is 20.2. The van der Waals surface area contributed by atoms with Crippen LogP contribution in [0, 0.1) is 6.92 Å². The van der Waals surface area contributed by atoms with Crippen molar-refractivity contribution in [2.24, 2.45) is 0 Å². The van der Waals surface area contributed by atoms with Gasteiger partial charge >= 0.3 is 0 Å². The fourth-order valence-electron chi connectivity index (χ4n) is 1.66. The van der Waals surface area contributed by atoms with Crippen molar-refractivity contribution in [2.45, 2.75) is 25.8 Å². The SMILES string of the molecule is Cc1ccc(NC(=O)C2CCCN2)nc1. The average Bonchev–Trinajstić information content (AvgIpc) is 2.74. The maximum absolute atomic E-state index is 11.7. The van der Waals surface area contributed by atoms with E-state index < -0.39 is 0 Å². The van der Waals surface area contributed by atoms with Gasteiger partial charge in [-0.25, -0.2) is 4.98 Å². The second-order valence-electron chi connectivity index (χ2n) is 3.86. The molecular weight excluding hydrogens is 190 g/mol. The van der Waals surface area contributed by atoms with Gasteiger partial charge in [-0.3, -0.25) is 4.79 Å². The average molecular weight is 205 g/mol. The summed E-state index contributed by atoms with van der Waals surface area (Å²) in [7, 11) is 0. The molecule has 1 aliphatic rings. The third-order valence-corrected chi connectivity index (χ3v) is 2.54. The van der Waals surface area contributed by atoms with Gasteiger partial charge in [-0.05, 0) is 37.9 Å². The van der Waals surface area contributed by atoms with Crippen LogP contribution in [0.4, 0.5) is 5.82 Å². The summed E-state index contributed by atoms with van der Waals surface area (Å²) in [6.07, 6.45) is 3.73. The first-order chi connectivity index (χ1) is 7.25. The molecule has 15 heavy (non-hydrogen) atoms. The van der Waals surface area contributed by atoms with Gasteiger partial charge in [0.25, 0.3) is 0 Å². The Bertz CT molecular complexity index is 341. The van der Waals surface area contributed by atoms with Crippen LogP contribution in [-0.4, -0.2) is 23.5 Å². The lowest BCUT2D eigenvalue weighted by atomic mass is 10.2. The smallest absolute Gasteiger partial charge is 0.242 e. The van der Waals surface area contributed by atoms with Crippen molar-refractivity contribution in [1.82, 2.24) is 10.3 Å². The van der Waals surface area contributed by atoms with E-state index in [1.54, 1.807) is 6.20 Å². The van der Waals surface area contributed by atoms with Crippen molar-refractivity contribution in [2.75, 3.05) is 11.9 Å². The minimum absolute atomic E-state index is 0.0175. The van der Waals surface area contributed by atoms with Crippen molar-refractivity contribution >= 4 is 11.7 Å². The summed E-state index contributed by atoms with van der Waals surface area (Å²) in [4.78, 5) is 15.8. The number of aryl methyl sites for hydroxylation is 1. The molecule has 1 aromatic rings. The summed E-state index contributed by atoms with van der Waals surface area (Å²) in [6.45, 7) is 2.90. The number of anilines is 1. The minimum atomic E-state index is -0.0481. The van der Waals surface area contributed by atoms with E-state index in [2.05, 4.69) is 15.6 Å². The highest BCUT2D eigenvalue weighted by atomic mass is 16.2. The predicted octanol–water partition coefficient (Wildman–Crippen LogP) is 1.08. The van der Waals surface area contributed by atoms with E-state index >= 15 is 0 Å². The number of hydrogen-bond donors (Lipinski definition) is 2. The topological polar surface area (TPSA) is 54.0 Å². The summed E-state index contributed by atoms with van der Waals surface area (Å²) < 4.78 is 0. The second-order valence-corrected chi connectivity index (χ2v) is 3.86. The third kappa shape index (κ3) is 2.53. The van der Waals surface area contributed by atoms with Crippen molar-refractivity contribution < 1.29 is 4.79 Å². The van der Waals surface area contributed by atoms with Crippen LogP contribution in [0.2, 0.25) is 0 Å². The molecule has 1 saturated heterocycles. The molecule has 1 aliphatic heterocycles. The van der Waals surface area contributed by atoms with E-state index in [9.17, 15) is 4.79 Å². The highest BCUT2D eigenvalue weighted by Crippen LogP contribution is 2.09. The van der Waals surface area contributed by atoms with Gasteiger partial charge in [0.15, 0.2) is 0 Å². The van der Waals surface area contributed by atoms with Crippen molar-refractivity contribution in [3.8, 4) is 0 Å². The molecule has 1 aromatic heterocycles. The lowest BCUT2D eigenvalue weighted by molar-refractivity contribution is -0.117. The number of nitrogens with one attached hydrogen (secondary N) is 2. The molecule has 1 fully saturated rings. The summed E-state index contributed by atoms with van der Waals surface area (Å²) in [6, 6.07) is 3.71. The van der Waals surface area contributed by atoms with Crippen LogP contribution in [0.3, 0.4) is 0 Å². The Morgan fingerprint density at radius 1 is 1.60 bits per heavy atom. The number of amides is 1. The largest absolute Gasteiger partial charge is 0.309 e. The van der Waals surface area contributed by atoms with Gasteiger partial charge in [-0.15, -0.1) is 0 Å². The number of hydrogen-bond acceptors (Lipinski definition) is 3. The number of pyridine rings is 1. The highest BCUT2D eigenvalue weighted by Gasteiger charge is 2.21. The fraction of sp³-hybridized carbons (Fsp3) is 0.455. The van der Waals surface area contributed by atoms with Crippen LogP contribution < -0.4 is 10.6 Å². The quantitative estimate of drug-likeness (QED) is 0.759. The minimum Gasteiger partial charge on any atom is -0.309 e. The first kappa shape index (κ1) is 10.1. The van der Waals surface area contributed by atoms with E-state index in [1.807, 2.05) is 19.1 Å². The van der Waals surface area contributed by atoms with Crippen LogP contribution in [0.5, 0.6) is 0 Å². The van der Waals surface area contributed by atoms with Crippen LogP contribution in [0.1, 0.15) is 18.4 Å². The molecule has 0 saturated carbocycles. The summed E-state index contributed by atoms with van der Waals surface area (Å²) in [5.41, 5.74) is 1.09. The van der Waals surface area contributed by atoms with Gasteiger partial charge in [0, 0.05) is 6.20 Å². The van der Waals surface area contributed by atoms with Crippen LogP contribution in [0.25, 0.3) is 0 Å². The molecule has 0 radical (unpaired) electrons. The molecule has 0 aliphatic carbocycles. The number of aromatic nitrogens is 1. The number of rotatable bonds is 2. The standard InChI is InChI=1S/C11H15N3O/c1-8-4-5-10(13-7-8)14-11(15)9-3-2-6-12-9/h4-5,7,9,12H,2-3,6H2,1H3,(H,13,14,15). The zero-order valence-corrected chi connectivity index (χ0v) is 8.79. The number of nitrogens with zero attached hydrogens (tertiary/aromatic N) is 1. The van der Waals surface area contributed by atoms with Crippen molar-refractivity contribution in [3.63, 3.8) is 0 Å². The molecule has 1 atom stereocenters. The number of carbonyl (C=O) groups excluding carboxylic acids is 1. The summed E-state index contributed by atoms with van der Waals surface area (Å²) in [5.74, 6) is 0.642. The monoisotopic (exact) mass is 205 g/mol. The van der Waals surface area contributed by atoms with Gasteiger partial charge < -0.3 is 10.6 Å². The van der Waals surface area contributed by atoms with Gasteiger partial charge in [0.1, 0.15) is 5.82 Å². The zero-order valence-electron chi connectivity index (χ0n) is 8.79. The molecule has 80 valence electrons. The Labute approximate surface area is 89.1 Å². The third-order valence-electron chi connectivity index (χ3n) is 2.54. The fourth-order valence-corrected chi connectivity index (χ4v) is 1.66. The van der Waals surface area contributed by atoms with E-state index in [0.29, 0.717) is 5.82 Å². The molecule has 2 heterocycles. The highest BCUT2D eigenvalue weighted by molar-refractivity contribution is 5.94. The van der Waals surface area contributed by atoms with E-state index in [0.717, 1.165) is 24.9 Å². The predicted molar refractivity (Wildman–Crippen MR) is 58.6 cm³/mol. The molecule has 0 aromatic carbocycles.